The number of alkyl halides is 3. The number of halogens is 3. The fourth-order valence-electron chi connectivity index (χ4n) is 2.53. The first-order valence-corrected chi connectivity index (χ1v) is 7.45. The standard InChI is InChI=1S/C18H18F3NO2/c1-3-22(16-11-7-6-10-15(16)18(19,20)21)12-13-8-4-5-9-14(13)17(23)24-2/h4-11H,3,12H2,1-2H3. The normalized spacial score (nSPS) is 11.2. The summed E-state index contributed by atoms with van der Waals surface area (Å²) in [5, 5.41) is 0. The number of benzene rings is 2. The van der Waals surface area contributed by atoms with Crippen molar-refractivity contribution < 1.29 is 22.7 Å². The smallest absolute Gasteiger partial charge is 0.418 e. The lowest BCUT2D eigenvalue weighted by atomic mass is 10.1. The second kappa shape index (κ2) is 7.38. The molecular formula is C18H18F3NO2. The minimum atomic E-state index is -4.44. The second-order valence-corrected chi connectivity index (χ2v) is 5.18. The zero-order chi connectivity index (χ0) is 17.7. The Balaban J connectivity index is 2.41. The van der Waals surface area contributed by atoms with E-state index in [1.807, 2.05) is 0 Å². The van der Waals surface area contributed by atoms with Crippen LogP contribution in [0.4, 0.5) is 18.9 Å². The summed E-state index contributed by atoms with van der Waals surface area (Å²) < 4.78 is 44.5. The molecule has 0 aliphatic rings. The average Bonchev–Trinajstić information content (AvgIpc) is 2.58. The number of para-hydroxylation sites is 1. The van der Waals surface area contributed by atoms with Crippen LogP contribution in [0.15, 0.2) is 48.5 Å². The summed E-state index contributed by atoms with van der Waals surface area (Å²) in [5.74, 6) is -0.509. The van der Waals surface area contributed by atoms with Crippen LogP contribution < -0.4 is 4.90 Å². The molecule has 0 aliphatic heterocycles. The third-order valence-corrected chi connectivity index (χ3v) is 3.72. The fourth-order valence-corrected chi connectivity index (χ4v) is 2.53. The summed E-state index contributed by atoms with van der Waals surface area (Å²) in [6, 6.07) is 12.2. The number of carbonyl (C=O) groups excluding carboxylic acids is 1. The van der Waals surface area contributed by atoms with Gasteiger partial charge in [0.15, 0.2) is 0 Å². The van der Waals surface area contributed by atoms with Crippen molar-refractivity contribution in [1.29, 1.82) is 0 Å². The average molecular weight is 337 g/mol. The molecule has 0 heterocycles. The molecule has 0 N–H and O–H groups in total. The van der Waals surface area contributed by atoms with Gasteiger partial charge in [0.2, 0.25) is 0 Å². The van der Waals surface area contributed by atoms with E-state index in [2.05, 4.69) is 0 Å². The number of ether oxygens (including phenoxy) is 1. The molecule has 0 amide bonds. The highest BCUT2D eigenvalue weighted by atomic mass is 19.4. The molecule has 0 unspecified atom stereocenters. The monoisotopic (exact) mass is 337 g/mol. The van der Waals surface area contributed by atoms with Crippen molar-refractivity contribution in [2.24, 2.45) is 0 Å². The molecule has 3 nitrogen and oxygen atoms in total. The molecule has 0 radical (unpaired) electrons. The SMILES string of the molecule is CCN(Cc1ccccc1C(=O)OC)c1ccccc1C(F)(F)F. The summed E-state index contributed by atoms with van der Waals surface area (Å²) in [5.41, 5.74) is 0.362. The first-order chi connectivity index (χ1) is 11.4. The maximum Gasteiger partial charge on any atom is 0.418 e. The number of methoxy groups -OCH3 is 1. The Bertz CT molecular complexity index is 713. The molecule has 0 bridgehead atoms. The van der Waals surface area contributed by atoms with Crippen molar-refractivity contribution in [3.8, 4) is 0 Å². The quantitative estimate of drug-likeness (QED) is 0.752. The number of nitrogens with zero attached hydrogens (tertiary/aromatic N) is 1. The Morgan fingerprint density at radius 2 is 1.71 bits per heavy atom. The van der Waals surface area contributed by atoms with E-state index in [0.717, 1.165) is 6.07 Å². The predicted molar refractivity (Wildman–Crippen MR) is 85.9 cm³/mol. The molecular weight excluding hydrogens is 319 g/mol. The van der Waals surface area contributed by atoms with Gasteiger partial charge >= 0.3 is 12.1 Å². The zero-order valence-corrected chi connectivity index (χ0v) is 13.4. The van der Waals surface area contributed by atoms with E-state index >= 15 is 0 Å². The molecule has 0 aromatic heterocycles. The third kappa shape index (κ3) is 3.88. The van der Waals surface area contributed by atoms with Crippen LogP contribution in [0.5, 0.6) is 0 Å². The van der Waals surface area contributed by atoms with Gasteiger partial charge in [-0.25, -0.2) is 4.79 Å². The van der Waals surface area contributed by atoms with Crippen LogP contribution in [0.3, 0.4) is 0 Å². The predicted octanol–water partition coefficient (Wildman–Crippen LogP) is 4.52. The van der Waals surface area contributed by atoms with Gasteiger partial charge in [-0.3, -0.25) is 0 Å². The molecule has 2 aromatic carbocycles. The zero-order valence-electron chi connectivity index (χ0n) is 13.4. The third-order valence-electron chi connectivity index (χ3n) is 3.72. The minimum Gasteiger partial charge on any atom is -0.465 e. The summed E-state index contributed by atoms with van der Waals surface area (Å²) in [6.45, 7) is 2.31. The Morgan fingerprint density at radius 1 is 1.08 bits per heavy atom. The summed E-state index contributed by atoms with van der Waals surface area (Å²) in [4.78, 5) is 13.4. The Kier molecular flexibility index (Phi) is 5.49. The molecule has 0 aliphatic carbocycles. The van der Waals surface area contributed by atoms with Crippen LogP contribution in [-0.4, -0.2) is 19.6 Å². The highest BCUT2D eigenvalue weighted by Crippen LogP contribution is 2.37. The maximum absolute atomic E-state index is 13.2. The first kappa shape index (κ1) is 17.8. The van der Waals surface area contributed by atoms with Crippen molar-refractivity contribution in [3.05, 3.63) is 65.2 Å². The number of esters is 1. The number of anilines is 1. The molecule has 0 atom stereocenters. The van der Waals surface area contributed by atoms with Gasteiger partial charge in [-0.15, -0.1) is 0 Å². The summed E-state index contributed by atoms with van der Waals surface area (Å²) >= 11 is 0. The van der Waals surface area contributed by atoms with E-state index in [9.17, 15) is 18.0 Å². The summed E-state index contributed by atoms with van der Waals surface area (Å²) in [7, 11) is 1.27. The van der Waals surface area contributed by atoms with Crippen LogP contribution in [-0.2, 0) is 17.5 Å². The molecule has 6 heteroatoms. The molecule has 0 saturated carbocycles. The van der Waals surface area contributed by atoms with Crippen molar-refractivity contribution in [2.45, 2.75) is 19.6 Å². The van der Waals surface area contributed by atoms with Crippen LogP contribution in [0.1, 0.15) is 28.4 Å². The highest BCUT2D eigenvalue weighted by Gasteiger charge is 2.34. The molecule has 24 heavy (non-hydrogen) atoms. The van der Waals surface area contributed by atoms with Gasteiger partial charge in [0, 0.05) is 18.8 Å². The van der Waals surface area contributed by atoms with Crippen LogP contribution in [0, 0.1) is 0 Å². The highest BCUT2D eigenvalue weighted by molar-refractivity contribution is 5.91. The number of rotatable bonds is 5. The lowest BCUT2D eigenvalue weighted by Gasteiger charge is -2.27. The molecule has 0 fully saturated rings. The minimum absolute atomic E-state index is 0.0900. The van der Waals surface area contributed by atoms with Crippen molar-refractivity contribution in [2.75, 3.05) is 18.6 Å². The Labute approximate surface area is 138 Å². The van der Waals surface area contributed by atoms with Gasteiger partial charge in [-0.05, 0) is 30.7 Å². The molecule has 2 rings (SSSR count). The van der Waals surface area contributed by atoms with Gasteiger partial charge in [0.05, 0.1) is 18.2 Å². The van der Waals surface area contributed by atoms with Gasteiger partial charge in [-0.1, -0.05) is 30.3 Å². The Morgan fingerprint density at radius 3 is 2.33 bits per heavy atom. The largest absolute Gasteiger partial charge is 0.465 e. The van der Waals surface area contributed by atoms with Gasteiger partial charge in [0.25, 0.3) is 0 Å². The summed E-state index contributed by atoms with van der Waals surface area (Å²) in [6.07, 6.45) is -4.44. The van der Waals surface area contributed by atoms with Crippen molar-refractivity contribution in [1.82, 2.24) is 0 Å². The van der Waals surface area contributed by atoms with Gasteiger partial charge in [0.1, 0.15) is 0 Å². The van der Waals surface area contributed by atoms with Crippen LogP contribution in [0.2, 0.25) is 0 Å². The van der Waals surface area contributed by atoms with E-state index in [1.54, 1.807) is 42.2 Å². The second-order valence-electron chi connectivity index (χ2n) is 5.18. The van der Waals surface area contributed by atoms with Gasteiger partial charge < -0.3 is 9.64 Å². The molecule has 128 valence electrons. The fraction of sp³-hybridized carbons (Fsp3) is 0.278. The molecule has 0 saturated heterocycles. The Hall–Kier alpha value is -2.50. The topological polar surface area (TPSA) is 29.5 Å². The number of hydrogen-bond acceptors (Lipinski definition) is 3. The number of hydrogen-bond donors (Lipinski definition) is 0. The van der Waals surface area contributed by atoms with E-state index in [0.29, 0.717) is 17.7 Å². The van der Waals surface area contributed by atoms with E-state index in [1.165, 1.54) is 19.2 Å². The van der Waals surface area contributed by atoms with Crippen LogP contribution >= 0.6 is 0 Å². The molecule has 2 aromatic rings. The van der Waals surface area contributed by atoms with Crippen molar-refractivity contribution >= 4 is 11.7 Å². The lowest BCUT2D eigenvalue weighted by molar-refractivity contribution is -0.137. The van der Waals surface area contributed by atoms with E-state index in [4.69, 9.17) is 4.74 Å². The van der Waals surface area contributed by atoms with E-state index < -0.39 is 17.7 Å². The first-order valence-electron chi connectivity index (χ1n) is 7.45. The van der Waals surface area contributed by atoms with E-state index in [-0.39, 0.29) is 12.2 Å². The number of carbonyl (C=O) groups is 1. The molecule has 0 spiro atoms. The van der Waals surface area contributed by atoms with Gasteiger partial charge in [-0.2, -0.15) is 13.2 Å². The van der Waals surface area contributed by atoms with Crippen LogP contribution in [0.25, 0.3) is 0 Å². The van der Waals surface area contributed by atoms with Crippen molar-refractivity contribution in [3.63, 3.8) is 0 Å². The lowest BCUT2D eigenvalue weighted by Crippen LogP contribution is -2.26. The maximum atomic E-state index is 13.2.